The highest BCUT2D eigenvalue weighted by Gasteiger charge is 2.12. The van der Waals surface area contributed by atoms with E-state index in [-0.39, 0.29) is 0 Å². The summed E-state index contributed by atoms with van der Waals surface area (Å²) in [5.41, 5.74) is 0.997. The van der Waals surface area contributed by atoms with Gasteiger partial charge in [0.25, 0.3) is 0 Å². The van der Waals surface area contributed by atoms with E-state index in [1.807, 2.05) is 24.3 Å². The van der Waals surface area contributed by atoms with Gasteiger partial charge in [-0.05, 0) is 11.6 Å². The molecule has 1 saturated heterocycles. The normalized spacial score (nSPS) is 15.9. The highest BCUT2D eigenvalue weighted by molar-refractivity contribution is 6.31. The molecular formula is C15H19ClN4O2. The summed E-state index contributed by atoms with van der Waals surface area (Å²) in [6.45, 7) is 5.00. The summed E-state index contributed by atoms with van der Waals surface area (Å²) in [6, 6.07) is 8.11. The van der Waals surface area contributed by atoms with Crippen LogP contribution in [-0.2, 0) is 17.7 Å². The summed E-state index contributed by atoms with van der Waals surface area (Å²) in [4.78, 5) is 2.34. The first kappa shape index (κ1) is 15.3. The van der Waals surface area contributed by atoms with Gasteiger partial charge in [0, 0.05) is 37.6 Å². The molecule has 7 heteroatoms. The molecular weight excluding hydrogens is 304 g/mol. The number of rotatable bonds is 6. The van der Waals surface area contributed by atoms with Gasteiger partial charge in [0.2, 0.25) is 5.89 Å². The fourth-order valence-electron chi connectivity index (χ4n) is 2.32. The van der Waals surface area contributed by atoms with Crippen molar-refractivity contribution >= 4 is 17.6 Å². The van der Waals surface area contributed by atoms with Crippen LogP contribution in [0.2, 0.25) is 5.02 Å². The third kappa shape index (κ3) is 4.19. The molecule has 0 aliphatic carbocycles. The van der Waals surface area contributed by atoms with Gasteiger partial charge < -0.3 is 14.5 Å². The van der Waals surface area contributed by atoms with E-state index >= 15 is 0 Å². The molecule has 0 radical (unpaired) electrons. The van der Waals surface area contributed by atoms with E-state index in [0.29, 0.717) is 18.5 Å². The molecule has 2 heterocycles. The Kier molecular flexibility index (Phi) is 5.26. The monoisotopic (exact) mass is 322 g/mol. The molecule has 2 aromatic rings. The second-order valence-electron chi connectivity index (χ2n) is 5.15. The Balaban J connectivity index is 1.47. The van der Waals surface area contributed by atoms with Crippen molar-refractivity contribution in [3.8, 4) is 0 Å². The van der Waals surface area contributed by atoms with Crippen LogP contribution in [-0.4, -0.2) is 47.9 Å². The minimum Gasteiger partial charge on any atom is -0.408 e. The van der Waals surface area contributed by atoms with Gasteiger partial charge in [0.1, 0.15) is 0 Å². The van der Waals surface area contributed by atoms with Crippen molar-refractivity contribution in [2.45, 2.75) is 13.0 Å². The van der Waals surface area contributed by atoms with Crippen molar-refractivity contribution in [3.05, 3.63) is 40.7 Å². The Bertz CT molecular complexity index is 599. The molecule has 118 valence electrons. The van der Waals surface area contributed by atoms with Crippen LogP contribution < -0.4 is 5.32 Å². The first-order chi connectivity index (χ1) is 10.8. The molecule has 1 aromatic heterocycles. The lowest BCUT2D eigenvalue weighted by molar-refractivity contribution is 0.0377. The summed E-state index contributed by atoms with van der Waals surface area (Å²) >= 11 is 6.11. The number of halogens is 1. The number of nitrogens with zero attached hydrogens (tertiary/aromatic N) is 3. The third-order valence-electron chi connectivity index (χ3n) is 3.60. The van der Waals surface area contributed by atoms with E-state index in [1.54, 1.807) is 0 Å². The van der Waals surface area contributed by atoms with Crippen molar-refractivity contribution in [2.24, 2.45) is 0 Å². The van der Waals surface area contributed by atoms with Crippen molar-refractivity contribution in [1.82, 2.24) is 15.1 Å². The minimum atomic E-state index is 0.428. The molecule has 0 unspecified atom stereocenters. The molecule has 1 aliphatic heterocycles. The van der Waals surface area contributed by atoms with Crippen LogP contribution in [0.4, 0.5) is 6.01 Å². The number of ether oxygens (including phenoxy) is 1. The van der Waals surface area contributed by atoms with Gasteiger partial charge in [-0.1, -0.05) is 34.9 Å². The Hall–Kier alpha value is -1.63. The standard InChI is InChI=1S/C15H19ClN4O2/c16-13-4-2-1-3-12(13)11-17-15-19-18-14(22-15)5-6-20-7-9-21-10-8-20/h1-4H,5-11H2,(H,17,19). The molecule has 0 spiro atoms. The average molecular weight is 323 g/mol. The fraction of sp³-hybridized carbons (Fsp3) is 0.467. The largest absolute Gasteiger partial charge is 0.408 e. The molecule has 22 heavy (non-hydrogen) atoms. The van der Waals surface area contributed by atoms with E-state index < -0.39 is 0 Å². The zero-order chi connectivity index (χ0) is 15.2. The predicted octanol–water partition coefficient (Wildman–Crippen LogP) is 2.21. The van der Waals surface area contributed by atoms with Crippen molar-refractivity contribution < 1.29 is 9.15 Å². The van der Waals surface area contributed by atoms with Crippen LogP contribution in [0, 0.1) is 0 Å². The number of benzene rings is 1. The smallest absolute Gasteiger partial charge is 0.315 e. The minimum absolute atomic E-state index is 0.428. The van der Waals surface area contributed by atoms with Gasteiger partial charge in [-0.25, -0.2) is 0 Å². The predicted molar refractivity (Wildman–Crippen MR) is 84.0 cm³/mol. The lowest BCUT2D eigenvalue weighted by Crippen LogP contribution is -2.37. The van der Waals surface area contributed by atoms with Crippen LogP contribution in [0.3, 0.4) is 0 Å². The highest BCUT2D eigenvalue weighted by Crippen LogP contribution is 2.16. The topological polar surface area (TPSA) is 63.4 Å². The number of aromatic nitrogens is 2. The Labute approximate surface area is 134 Å². The second-order valence-corrected chi connectivity index (χ2v) is 5.56. The lowest BCUT2D eigenvalue weighted by Gasteiger charge is -2.25. The van der Waals surface area contributed by atoms with Gasteiger partial charge >= 0.3 is 6.01 Å². The van der Waals surface area contributed by atoms with Crippen LogP contribution in [0.25, 0.3) is 0 Å². The van der Waals surface area contributed by atoms with Gasteiger partial charge in [-0.15, -0.1) is 5.10 Å². The van der Waals surface area contributed by atoms with E-state index in [4.69, 9.17) is 20.8 Å². The zero-order valence-electron chi connectivity index (χ0n) is 12.3. The molecule has 1 aromatic carbocycles. The molecule has 3 rings (SSSR count). The molecule has 0 atom stereocenters. The van der Waals surface area contributed by atoms with Crippen molar-refractivity contribution in [2.75, 3.05) is 38.2 Å². The number of anilines is 1. The van der Waals surface area contributed by atoms with Crippen LogP contribution in [0.15, 0.2) is 28.7 Å². The summed E-state index contributed by atoms with van der Waals surface area (Å²) in [5, 5.41) is 11.9. The van der Waals surface area contributed by atoms with Gasteiger partial charge in [0.15, 0.2) is 0 Å². The summed E-state index contributed by atoms with van der Waals surface area (Å²) in [5.74, 6) is 0.646. The summed E-state index contributed by atoms with van der Waals surface area (Å²) in [7, 11) is 0. The number of hydrogen-bond acceptors (Lipinski definition) is 6. The average Bonchev–Trinajstić information content (AvgIpc) is 3.01. The first-order valence-electron chi connectivity index (χ1n) is 7.41. The third-order valence-corrected chi connectivity index (χ3v) is 3.97. The highest BCUT2D eigenvalue weighted by atomic mass is 35.5. The fourth-order valence-corrected chi connectivity index (χ4v) is 2.52. The quantitative estimate of drug-likeness (QED) is 0.879. The molecule has 1 N–H and O–H groups in total. The number of hydrogen-bond donors (Lipinski definition) is 1. The van der Waals surface area contributed by atoms with Gasteiger partial charge in [-0.2, -0.15) is 0 Å². The van der Waals surface area contributed by atoms with Crippen molar-refractivity contribution in [1.29, 1.82) is 0 Å². The molecule has 6 nitrogen and oxygen atoms in total. The molecule has 0 amide bonds. The molecule has 1 fully saturated rings. The van der Waals surface area contributed by atoms with Crippen LogP contribution >= 0.6 is 11.6 Å². The van der Waals surface area contributed by atoms with Gasteiger partial charge in [-0.3, -0.25) is 4.90 Å². The van der Waals surface area contributed by atoms with Gasteiger partial charge in [0.05, 0.1) is 13.2 Å². The van der Waals surface area contributed by atoms with E-state index in [0.717, 1.165) is 49.9 Å². The maximum atomic E-state index is 6.11. The zero-order valence-corrected chi connectivity index (χ0v) is 13.1. The molecule has 1 aliphatic rings. The summed E-state index contributed by atoms with van der Waals surface area (Å²) < 4.78 is 10.9. The Morgan fingerprint density at radius 3 is 2.82 bits per heavy atom. The Morgan fingerprint density at radius 1 is 1.18 bits per heavy atom. The summed E-state index contributed by atoms with van der Waals surface area (Å²) in [6.07, 6.45) is 0.751. The maximum Gasteiger partial charge on any atom is 0.315 e. The van der Waals surface area contributed by atoms with E-state index in [1.165, 1.54) is 0 Å². The molecule has 0 saturated carbocycles. The van der Waals surface area contributed by atoms with E-state index in [9.17, 15) is 0 Å². The van der Waals surface area contributed by atoms with Crippen LogP contribution in [0.5, 0.6) is 0 Å². The maximum absolute atomic E-state index is 6.11. The SMILES string of the molecule is Clc1ccccc1CNc1nnc(CCN2CCOCC2)o1. The molecule has 0 bridgehead atoms. The number of nitrogens with one attached hydrogen (secondary N) is 1. The van der Waals surface area contributed by atoms with Crippen molar-refractivity contribution in [3.63, 3.8) is 0 Å². The van der Waals surface area contributed by atoms with Crippen LogP contribution in [0.1, 0.15) is 11.5 Å². The first-order valence-corrected chi connectivity index (χ1v) is 7.79. The van der Waals surface area contributed by atoms with E-state index in [2.05, 4.69) is 20.4 Å². The second kappa shape index (κ2) is 7.58. The number of morpholine rings is 1. The lowest BCUT2D eigenvalue weighted by atomic mass is 10.2. The Morgan fingerprint density at radius 2 is 2.00 bits per heavy atom.